The fraction of sp³-hybridized carbons (Fsp3) is 0.182. The Morgan fingerprint density at radius 1 is 1.03 bits per heavy atom. The molecule has 0 aliphatic rings. The zero-order chi connectivity index (χ0) is 23.7. The smallest absolute Gasteiger partial charge is 0.342 e. The SMILES string of the molecule is COc1cc(OC)cc(-c2nnc(S/C(=C\c3ccc4c(c3)n(C)c(=O)n4C)C(=O)O)o2)c1. The number of thioether (sulfide) groups is 1. The Balaban J connectivity index is 1.65. The van der Waals surface area contributed by atoms with Crippen molar-refractivity contribution in [3.8, 4) is 23.0 Å². The lowest BCUT2D eigenvalue weighted by Crippen LogP contribution is -2.19. The number of methoxy groups -OCH3 is 2. The predicted molar refractivity (Wildman–Crippen MR) is 122 cm³/mol. The molecule has 0 bridgehead atoms. The van der Waals surface area contributed by atoms with Crippen LogP contribution >= 0.6 is 11.8 Å². The van der Waals surface area contributed by atoms with Gasteiger partial charge in [-0.05, 0) is 47.7 Å². The normalized spacial score (nSPS) is 11.7. The third kappa shape index (κ3) is 4.35. The Kier molecular flexibility index (Phi) is 5.97. The average Bonchev–Trinajstić information content (AvgIpc) is 3.37. The van der Waals surface area contributed by atoms with E-state index >= 15 is 0 Å². The Bertz CT molecular complexity index is 1430. The highest BCUT2D eigenvalue weighted by Gasteiger charge is 2.17. The van der Waals surface area contributed by atoms with Crippen LogP contribution in [0.2, 0.25) is 0 Å². The number of nitrogens with zero attached hydrogens (tertiary/aromatic N) is 4. The van der Waals surface area contributed by atoms with Crippen molar-refractivity contribution in [3.63, 3.8) is 0 Å². The fourth-order valence-electron chi connectivity index (χ4n) is 3.29. The second-order valence-electron chi connectivity index (χ2n) is 7.04. The summed E-state index contributed by atoms with van der Waals surface area (Å²) in [7, 11) is 6.41. The van der Waals surface area contributed by atoms with E-state index in [4.69, 9.17) is 13.9 Å². The lowest BCUT2D eigenvalue weighted by Gasteiger charge is -2.05. The lowest BCUT2D eigenvalue weighted by atomic mass is 10.2. The van der Waals surface area contributed by atoms with Crippen LogP contribution < -0.4 is 15.2 Å². The van der Waals surface area contributed by atoms with Gasteiger partial charge in [0.05, 0.1) is 25.3 Å². The third-order valence-corrected chi connectivity index (χ3v) is 5.86. The summed E-state index contributed by atoms with van der Waals surface area (Å²) in [5, 5.41) is 17.7. The summed E-state index contributed by atoms with van der Waals surface area (Å²) in [4.78, 5) is 24.0. The van der Waals surface area contributed by atoms with E-state index < -0.39 is 5.97 Å². The van der Waals surface area contributed by atoms with Gasteiger partial charge >= 0.3 is 11.7 Å². The van der Waals surface area contributed by atoms with E-state index in [0.29, 0.717) is 28.1 Å². The number of aryl methyl sites for hydroxylation is 2. The number of carbonyl (C=O) groups is 1. The van der Waals surface area contributed by atoms with Crippen LogP contribution in [0.1, 0.15) is 5.56 Å². The molecule has 2 aromatic carbocycles. The number of aliphatic carboxylic acids is 1. The molecule has 33 heavy (non-hydrogen) atoms. The molecule has 0 saturated heterocycles. The summed E-state index contributed by atoms with van der Waals surface area (Å²) in [5.41, 5.74) is 2.47. The summed E-state index contributed by atoms with van der Waals surface area (Å²) in [6, 6.07) is 10.4. The Morgan fingerprint density at radius 3 is 2.33 bits per heavy atom. The molecule has 4 rings (SSSR count). The summed E-state index contributed by atoms with van der Waals surface area (Å²) >= 11 is 0.830. The molecule has 0 saturated carbocycles. The molecule has 0 unspecified atom stereocenters. The van der Waals surface area contributed by atoms with Gasteiger partial charge in [-0.25, -0.2) is 9.59 Å². The number of carboxylic acids is 1. The number of fused-ring (bicyclic) bond motifs is 1. The standard InChI is InChI=1S/C22H20N4O6S/c1-25-16-6-5-12(7-17(16)26(2)22(25)29)8-18(20(27)28)33-21-24-23-19(32-21)13-9-14(30-3)11-15(10-13)31-4/h5-11H,1-4H3,(H,27,28)/b18-8-. The first-order valence-electron chi connectivity index (χ1n) is 9.66. The minimum atomic E-state index is -1.15. The number of imidazole rings is 1. The molecule has 0 fully saturated rings. The number of carboxylic acid groups (broad SMARTS) is 1. The Morgan fingerprint density at radius 2 is 1.70 bits per heavy atom. The maximum atomic E-state index is 12.1. The molecule has 0 aliphatic heterocycles. The van der Waals surface area contributed by atoms with Gasteiger partial charge < -0.3 is 19.0 Å². The van der Waals surface area contributed by atoms with E-state index in [0.717, 1.165) is 17.3 Å². The molecule has 11 heteroatoms. The van der Waals surface area contributed by atoms with Gasteiger partial charge in [-0.3, -0.25) is 9.13 Å². The first-order chi connectivity index (χ1) is 15.8. The Labute approximate surface area is 192 Å². The molecule has 170 valence electrons. The van der Waals surface area contributed by atoms with E-state index in [1.54, 1.807) is 50.5 Å². The summed E-state index contributed by atoms with van der Waals surface area (Å²) < 4.78 is 19.2. The highest BCUT2D eigenvalue weighted by molar-refractivity contribution is 8.03. The first-order valence-corrected chi connectivity index (χ1v) is 10.5. The lowest BCUT2D eigenvalue weighted by molar-refractivity contribution is -0.131. The van der Waals surface area contributed by atoms with Crippen LogP contribution in [-0.2, 0) is 18.9 Å². The molecule has 0 amide bonds. The van der Waals surface area contributed by atoms with Gasteiger partial charge in [-0.2, -0.15) is 0 Å². The third-order valence-electron chi connectivity index (χ3n) is 5.01. The van der Waals surface area contributed by atoms with Crippen LogP contribution in [0.25, 0.3) is 28.6 Å². The predicted octanol–water partition coefficient (Wildman–Crippen LogP) is 3.16. The number of benzene rings is 2. The van der Waals surface area contributed by atoms with Gasteiger partial charge in [0.25, 0.3) is 5.22 Å². The second-order valence-corrected chi connectivity index (χ2v) is 8.03. The van der Waals surface area contributed by atoms with E-state index in [-0.39, 0.29) is 21.7 Å². The topological polar surface area (TPSA) is 122 Å². The first kappa shape index (κ1) is 22.2. The maximum absolute atomic E-state index is 12.1. The highest BCUT2D eigenvalue weighted by Crippen LogP contribution is 2.33. The van der Waals surface area contributed by atoms with Crippen molar-refractivity contribution < 1.29 is 23.8 Å². The number of aromatic nitrogens is 4. The van der Waals surface area contributed by atoms with Crippen molar-refractivity contribution in [3.05, 3.63) is 57.4 Å². The fourth-order valence-corrected chi connectivity index (χ4v) is 3.97. The Hall–Kier alpha value is -3.99. The quantitative estimate of drug-likeness (QED) is 0.322. The van der Waals surface area contributed by atoms with E-state index in [1.165, 1.54) is 29.4 Å². The van der Waals surface area contributed by atoms with Gasteiger partial charge in [0.15, 0.2) is 0 Å². The maximum Gasteiger partial charge on any atom is 0.342 e. The van der Waals surface area contributed by atoms with Crippen molar-refractivity contribution in [2.75, 3.05) is 14.2 Å². The van der Waals surface area contributed by atoms with Gasteiger partial charge in [0.2, 0.25) is 5.89 Å². The van der Waals surface area contributed by atoms with Gasteiger partial charge in [-0.1, -0.05) is 6.07 Å². The molecule has 4 aromatic rings. The second kappa shape index (κ2) is 8.87. The van der Waals surface area contributed by atoms with Gasteiger partial charge in [-0.15, -0.1) is 10.2 Å². The molecule has 0 radical (unpaired) electrons. The molecule has 2 heterocycles. The van der Waals surface area contributed by atoms with E-state index in [2.05, 4.69) is 10.2 Å². The summed E-state index contributed by atoms with van der Waals surface area (Å²) in [5.74, 6) is 0.146. The van der Waals surface area contributed by atoms with Crippen molar-refractivity contribution >= 4 is 34.8 Å². The van der Waals surface area contributed by atoms with Gasteiger partial charge in [0.1, 0.15) is 16.4 Å². The molecular weight excluding hydrogens is 448 g/mol. The number of hydrogen-bond acceptors (Lipinski definition) is 8. The molecule has 0 atom stereocenters. The van der Waals surface area contributed by atoms with Crippen molar-refractivity contribution in [2.24, 2.45) is 14.1 Å². The minimum Gasteiger partial charge on any atom is -0.497 e. The summed E-state index contributed by atoms with van der Waals surface area (Å²) in [6.45, 7) is 0. The average molecular weight is 468 g/mol. The molecule has 0 spiro atoms. The largest absolute Gasteiger partial charge is 0.497 e. The molecule has 0 aliphatic carbocycles. The minimum absolute atomic E-state index is 0.0197. The van der Waals surface area contributed by atoms with Crippen molar-refractivity contribution in [1.29, 1.82) is 0 Å². The van der Waals surface area contributed by atoms with E-state index in [9.17, 15) is 14.7 Å². The van der Waals surface area contributed by atoms with Crippen LogP contribution in [-0.4, -0.2) is 44.6 Å². The molecule has 1 N–H and O–H groups in total. The molecule has 10 nitrogen and oxygen atoms in total. The van der Waals surface area contributed by atoms with Crippen LogP contribution in [0.4, 0.5) is 0 Å². The number of hydrogen-bond donors (Lipinski definition) is 1. The molecular formula is C22H20N4O6S. The van der Waals surface area contributed by atoms with Crippen LogP contribution in [0, 0.1) is 0 Å². The van der Waals surface area contributed by atoms with E-state index in [1.807, 2.05) is 0 Å². The highest BCUT2D eigenvalue weighted by atomic mass is 32.2. The van der Waals surface area contributed by atoms with Gasteiger partial charge in [0, 0.05) is 25.7 Å². The van der Waals surface area contributed by atoms with Crippen LogP contribution in [0.15, 0.2) is 55.7 Å². The number of rotatable bonds is 7. The van der Waals surface area contributed by atoms with Crippen LogP contribution in [0.3, 0.4) is 0 Å². The van der Waals surface area contributed by atoms with Crippen LogP contribution in [0.5, 0.6) is 11.5 Å². The number of ether oxygens (including phenoxy) is 2. The van der Waals surface area contributed by atoms with Crippen molar-refractivity contribution in [2.45, 2.75) is 5.22 Å². The zero-order valence-corrected chi connectivity index (χ0v) is 19.0. The zero-order valence-electron chi connectivity index (χ0n) is 18.2. The molecule has 2 aromatic heterocycles. The van der Waals surface area contributed by atoms with Crippen molar-refractivity contribution in [1.82, 2.24) is 19.3 Å². The monoisotopic (exact) mass is 468 g/mol. The summed E-state index contributed by atoms with van der Waals surface area (Å²) in [6.07, 6.45) is 1.49.